The maximum Gasteiger partial charge on any atom is 0.339 e. The zero-order valence-electron chi connectivity index (χ0n) is 7.48. The number of carbonyl (C=O) groups is 1. The molecule has 0 heterocycles. The Bertz CT molecular complexity index is 383. The summed E-state index contributed by atoms with van der Waals surface area (Å²) in [7, 11) is 0. The Morgan fingerprint density at radius 1 is 1.21 bits per heavy atom. The second-order valence-electron chi connectivity index (χ2n) is 2.79. The third kappa shape index (κ3) is 1.44. The van der Waals surface area contributed by atoms with Crippen molar-refractivity contribution in [1.29, 1.82) is 0 Å². The lowest BCUT2D eigenvalue weighted by molar-refractivity contribution is 0.0692. The Balaban J connectivity index is 3.48. The smallest absolute Gasteiger partial charge is 0.339 e. The van der Waals surface area contributed by atoms with Crippen LogP contribution in [0.15, 0.2) is 6.07 Å². The van der Waals surface area contributed by atoms with Gasteiger partial charge in [-0.1, -0.05) is 6.92 Å². The Kier molecular flexibility index (Phi) is 2.51. The molecule has 5 heteroatoms. The van der Waals surface area contributed by atoms with Crippen molar-refractivity contribution < 1.29 is 25.2 Å². The molecule has 0 amide bonds. The first-order valence-corrected chi connectivity index (χ1v) is 3.99. The highest BCUT2D eigenvalue weighted by molar-refractivity contribution is 5.92. The molecule has 0 saturated heterocycles. The Hall–Kier alpha value is -1.91. The van der Waals surface area contributed by atoms with Gasteiger partial charge < -0.3 is 20.4 Å². The standard InChI is InChI=1S/C9H10O5/c1-2-4-3-5(9(13)14)7(11)8(12)6(4)10/h3,10-12H,2H2,1H3,(H,13,14). The normalized spacial score (nSPS) is 10.1. The van der Waals surface area contributed by atoms with Gasteiger partial charge in [0.15, 0.2) is 11.5 Å². The predicted molar refractivity (Wildman–Crippen MR) is 47.8 cm³/mol. The number of phenols is 3. The van der Waals surface area contributed by atoms with Crippen LogP contribution in [0.1, 0.15) is 22.8 Å². The summed E-state index contributed by atoms with van der Waals surface area (Å²) in [6, 6.07) is 1.13. The van der Waals surface area contributed by atoms with Crippen LogP contribution >= 0.6 is 0 Å². The van der Waals surface area contributed by atoms with Gasteiger partial charge in [0.05, 0.1) is 0 Å². The highest BCUT2D eigenvalue weighted by Gasteiger charge is 2.19. The van der Waals surface area contributed by atoms with Crippen LogP contribution in [-0.4, -0.2) is 26.4 Å². The number of carboxylic acids is 1. The Morgan fingerprint density at radius 2 is 1.79 bits per heavy atom. The molecule has 1 rings (SSSR count). The average molecular weight is 198 g/mol. The molecule has 0 bridgehead atoms. The summed E-state index contributed by atoms with van der Waals surface area (Å²) < 4.78 is 0. The minimum atomic E-state index is -1.35. The van der Waals surface area contributed by atoms with Crippen LogP contribution in [0.5, 0.6) is 17.2 Å². The van der Waals surface area contributed by atoms with E-state index >= 15 is 0 Å². The van der Waals surface area contributed by atoms with E-state index in [1.165, 1.54) is 0 Å². The van der Waals surface area contributed by atoms with Gasteiger partial charge in [-0.15, -0.1) is 0 Å². The maximum absolute atomic E-state index is 10.6. The predicted octanol–water partition coefficient (Wildman–Crippen LogP) is 1.06. The second kappa shape index (κ2) is 3.45. The fourth-order valence-corrected chi connectivity index (χ4v) is 1.14. The van der Waals surface area contributed by atoms with Gasteiger partial charge in [-0.3, -0.25) is 0 Å². The van der Waals surface area contributed by atoms with E-state index in [0.717, 1.165) is 6.07 Å². The molecule has 0 radical (unpaired) electrons. The highest BCUT2D eigenvalue weighted by atomic mass is 16.4. The van der Waals surface area contributed by atoms with Gasteiger partial charge in [0, 0.05) is 0 Å². The summed E-state index contributed by atoms with van der Waals surface area (Å²) in [5.74, 6) is -3.43. The van der Waals surface area contributed by atoms with Crippen molar-refractivity contribution in [2.45, 2.75) is 13.3 Å². The van der Waals surface area contributed by atoms with Crippen LogP contribution in [-0.2, 0) is 6.42 Å². The zero-order valence-corrected chi connectivity index (χ0v) is 7.48. The van der Waals surface area contributed by atoms with E-state index in [4.69, 9.17) is 5.11 Å². The van der Waals surface area contributed by atoms with Crippen LogP contribution in [0.4, 0.5) is 0 Å². The molecule has 1 aromatic rings. The van der Waals surface area contributed by atoms with E-state index in [-0.39, 0.29) is 5.56 Å². The lowest BCUT2D eigenvalue weighted by Gasteiger charge is -2.08. The van der Waals surface area contributed by atoms with Gasteiger partial charge in [0.25, 0.3) is 0 Å². The van der Waals surface area contributed by atoms with Crippen LogP contribution in [0.3, 0.4) is 0 Å². The summed E-state index contributed by atoms with van der Waals surface area (Å²) in [5, 5.41) is 36.3. The van der Waals surface area contributed by atoms with Gasteiger partial charge in [-0.2, -0.15) is 0 Å². The molecule has 0 saturated carbocycles. The molecule has 76 valence electrons. The number of hydrogen-bond donors (Lipinski definition) is 4. The summed E-state index contributed by atoms with van der Waals surface area (Å²) in [4.78, 5) is 10.6. The molecule has 4 N–H and O–H groups in total. The van der Waals surface area contributed by atoms with Crippen molar-refractivity contribution in [1.82, 2.24) is 0 Å². The average Bonchev–Trinajstić information content (AvgIpc) is 2.14. The van der Waals surface area contributed by atoms with Crippen molar-refractivity contribution in [3.63, 3.8) is 0 Å². The van der Waals surface area contributed by atoms with Crippen LogP contribution in [0, 0.1) is 0 Å². The maximum atomic E-state index is 10.6. The minimum Gasteiger partial charge on any atom is -0.504 e. The van der Waals surface area contributed by atoms with E-state index in [2.05, 4.69) is 0 Å². The molecule has 0 fully saturated rings. The van der Waals surface area contributed by atoms with Gasteiger partial charge in [-0.05, 0) is 18.1 Å². The first kappa shape index (κ1) is 10.2. The summed E-state index contributed by atoms with van der Waals surface area (Å²) in [5.41, 5.74) is -0.144. The molecule has 5 nitrogen and oxygen atoms in total. The summed E-state index contributed by atoms with van der Waals surface area (Å²) in [6.07, 6.45) is 0.361. The molecule has 1 aromatic carbocycles. The number of hydrogen-bond acceptors (Lipinski definition) is 4. The molecule has 0 unspecified atom stereocenters. The lowest BCUT2D eigenvalue weighted by atomic mass is 10.1. The van der Waals surface area contributed by atoms with Crippen molar-refractivity contribution in [2.24, 2.45) is 0 Å². The van der Waals surface area contributed by atoms with Gasteiger partial charge in [0.1, 0.15) is 5.56 Å². The summed E-state index contributed by atoms with van der Waals surface area (Å²) >= 11 is 0. The number of aromatic hydroxyl groups is 3. The third-order valence-corrected chi connectivity index (χ3v) is 1.94. The Morgan fingerprint density at radius 3 is 2.21 bits per heavy atom. The third-order valence-electron chi connectivity index (χ3n) is 1.94. The van der Waals surface area contributed by atoms with E-state index < -0.39 is 28.8 Å². The van der Waals surface area contributed by atoms with Gasteiger partial charge >= 0.3 is 5.97 Å². The lowest BCUT2D eigenvalue weighted by Crippen LogP contribution is -1.98. The van der Waals surface area contributed by atoms with Gasteiger partial charge in [0.2, 0.25) is 5.75 Å². The first-order valence-electron chi connectivity index (χ1n) is 3.99. The van der Waals surface area contributed by atoms with Crippen molar-refractivity contribution >= 4 is 5.97 Å². The van der Waals surface area contributed by atoms with Crippen molar-refractivity contribution in [3.05, 3.63) is 17.2 Å². The fourth-order valence-electron chi connectivity index (χ4n) is 1.14. The number of rotatable bonds is 2. The molecule has 0 atom stereocenters. The van der Waals surface area contributed by atoms with E-state index in [9.17, 15) is 20.1 Å². The molecular formula is C9H10O5. The molecule has 0 aliphatic carbocycles. The molecular weight excluding hydrogens is 188 g/mol. The molecule has 14 heavy (non-hydrogen) atoms. The van der Waals surface area contributed by atoms with Crippen molar-refractivity contribution in [2.75, 3.05) is 0 Å². The van der Waals surface area contributed by atoms with E-state index in [0.29, 0.717) is 6.42 Å². The van der Waals surface area contributed by atoms with E-state index in [1.807, 2.05) is 0 Å². The number of benzene rings is 1. The number of carboxylic acid groups (broad SMARTS) is 1. The topological polar surface area (TPSA) is 98.0 Å². The molecule has 0 spiro atoms. The minimum absolute atomic E-state index is 0.276. The quantitative estimate of drug-likeness (QED) is 0.533. The second-order valence-corrected chi connectivity index (χ2v) is 2.79. The monoisotopic (exact) mass is 198 g/mol. The first-order chi connectivity index (χ1) is 6.49. The van der Waals surface area contributed by atoms with E-state index in [1.54, 1.807) is 6.92 Å². The van der Waals surface area contributed by atoms with Crippen LogP contribution < -0.4 is 0 Å². The van der Waals surface area contributed by atoms with Gasteiger partial charge in [-0.25, -0.2) is 4.79 Å². The fraction of sp³-hybridized carbons (Fsp3) is 0.222. The van der Waals surface area contributed by atoms with Crippen LogP contribution in [0.25, 0.3) is 0 Å². The molecule has 0 aromatic heterocycles. The SMILES string of the molecule is CCc1cc(C(=O)O)c(O)c(O)c1O. The number of aryl methyl sites for hydroxylation is 1. The number of phenolic OH excluding ortho intramolecular Hbond substituents is 2. The zero-order chi connectivity index (χ0) is 10.9. The number of aromatic carboxylic acids is 1. The highest BCUT2D eigenvalue weighted by Crippen LogP contribution is 2.40. The van der Waals surface area contributed by atoms with Crippen molar-refractivity contribution in [3.8, 4) is 17.2 Å². The summed E-state index contributed by atoms with van der Waals surface area (Å²) in [6.45, 7) is 1.69. The molecule has 0 aliphatic rings. The Labute approximate surface area is 79.9 Å². The largest absolute Gasteiger partial charge is 0.504 e. The van der Waals surface area contributed by atoms with Crippen LogP contribution in [0.2, 0.25) is 0 Å². The molecule has 0 aliphatic heterocycles.